The average molecular weight is 238 g/mol. The van der Waals surface area contributed by atoms with Gasteiger partial charge in [-0.2, -0.15) is 0 Å². The maximum Gasteiger partial charge on any atom is 0.256 e. The van der Waals surface area contributed by atoms with Gasteiger partial charge in [-0.25, -0.2) is 0 Å². The van der Waals surface area contributed by atoms with Crippen molar-refractivity contribution in [2.24, 2.45) is 0 Å². The summed E-state index contributed by atoms with van der Waals surface area (Å²) in [6.07, 6.45) is 4.70. The van der Waals surface area contributed by atoms with Gasteiger partial charge in [-0.15, -0.1) is 0 Å². The number of H-pyrrole nitrogens is 1. The lowest BCUT2D eigenvalue weighted by Crippen LogP contribution is -2.03. The summed E-state index contributed by atoms with van der Waals surface area (Å²) in [5.74, 6) is -0.0344. The van der Waals surface area contributed by atoms with E-state index >= 15 is 0 Å². The first-order valence-electron chi connectivity index (χ1n) is 6.07. The first-order chi connectivity index (χ1) is 8.78. The minimum Gasteiger partial charge on any atom is -0.362 e. The molecule has 18 heavy (non-hydrogen) atoms. The maximum atomic E-state index is 12.0. The number of aromatic nitrogens is 1. The molecule has 0 saturated carbocycles. The molecule has 1 aromatic heterocycles. The Bertz CT molecular complexity index is 624. The second-order valence-electron chi connectivity index (χ2n) is 4.37. The lowest BCUT2D eigenvalue weighted by molar-refractivity contribution is -0.110. The average Bonchev–Trinajstić information content (AvgIpc) is 2.98. The molecule has 0 radical (unpaired) electrons. The fourth-order valence-electron chi connectivity index (χ4n) is 2.19. The monoisotopic (exact) mass is 238 g/mol. The highest BCUT2D eigenvalue weighted by molar-refractivity contribution is 6.34. The third-order valence-electron chi connectivity index (χ3n) is 3.20. The molecule has 0 fully saturated rings. The fraction of sp³-hybridized carbons (Fsp3) is 0.133. The zero-order valence-electron chi connectivity index (χ0n) is 10.2. The summed E-state index contributed by atoms with van der Waals surface area (Å²) >= 11 is 0. The van der Waals surface area contributed by atoms with Crippen LogP contribution in [0.25, 0.3) is 11.6 Å². The molecule has 0 unspecified atom stereocenters. The van der Waals surface area contributed by atoms with Gasteiger partial charge in [0.15, 0.2) is 0 Å². The van der Waals surface area contributed by atoms with Gasteiger partial charge in [-0.05, 0) is 36.3 Å². The number of carbonyl (C=O) groups excluding carboxylic acids is 1. The Morgan fingerprint density at radius 2 is 2.17 bits per heavy atom. The van der Waals surface area contributed by atoms with Gasteiger partial charge in [0.05, 0.1) is 5.57 Å². The number of amides is 1. The van der Waals surface area contributed by atoms with E-state index in [9.17, 15) is 4.79 Å². The van der Waals surface area contributed by atoms with E-state index in [1.54, 1.807) is 0 Å². The summed E-state index contributed by atoms with van der Waals surface area (Å²) in [5.41, 5.74) is 4.78. The third-order valence-corrected chi connectivity index (χ3v) is 3.20. The molecule has 90 valence electrons. The van der Waals surface area contributed by atoms with E-state index in [-0.39, 0.29) is 5.91 Å². The van der Waals surface area contributed by atoms with E-state index < -0.39 is 0 Å². The summed E-state index contributed by atoms with van der Waals surface area (Å²) in [6, 6.07) is 9.99. The molecule has 1 amide bonds. The van der Waals surface area contributed by atoms with Crippen molar-refractivity contribution in [3.05, 3.63) is 53.3 Å². The van der Waals surface area contributed by atoms with Crippen molar-refractivity contribution in [3.63, 3.8) is 0 Å². The molecule has 1 aliphatic heterocycles. The van der Waals surface area contributed by atoms with Crippen LogP contribution in [-0.2, 0) is 11.2 Å². The highest BCUT2D eigenvalue weighted by Gasteiger charge is 2.23. The molecule has 2 heterocycles. The molecule has 3 rings (SSSR count). The van der Waals surface area contributed by atoms with Crippen molar-refractivity contribution < 1.29 is 4.79 Å². The summed E-state index contributed by atoms with van der Waals surface area (Å²) in [5, 5.41) is 2.91. The Morgan fingerprint density at radius 1 is 1.28 bits per heavy atom. The van der Waals surface area contributed by atoms with Crippen molar-refractivity contribution in [1.29, 1.82) is 0 Å². The number of rotatable bonds is 2. The summed E-state index contributed by atoms with van der Waals surface area (Å²) in [7, 11) is 0. The van der Waals surface area contributed by atoms with E-state index in [0.29, 0.717) is 0 Å². The van der Waals surface area contributed by atoms with Crippen LogP contribution in [0.3, 0.4) is 0 Å². The highest BCUT2D eigenvalue weighted by Crippen LogP contribution is 2.33. The first-order valence-corrected chi connectivity index (χ1v) is 6.07. The Labute approximate surface area is 106 Å². The molecule has 0 saturated heterocycles. The lowest BCUT2D eigenvalue weighted by atomic mass is 10.0. The molecular weight excluding hydrogens is 224 g/mol. The fourth-order valence-corrected chi connectivity index (χ4v) is 2.19. The van der Waals surface area contributed by atoms with Gasteiger partial charge in [0.1, 0.15) is 0 Å². The molecule has 0 bridgehead atoms. The quantitative estimate of drug-likeness (QED) is 0.776. The predicted molar refractivity (Wildman–Crippen MR) is 73.1 cm³/mol. The lowest BCUT2D eigenvalue weighted by Gasteiger charge is -2.01. The minimum absolute atomic E-state index is 0.0344. The SMILES string of the molecule is CCc1ccc2c(c1)NC(=O)/C2=C\c1ccc[nH]1. The molecule has 0 spiro atoms. The normalized spacial score (nSPS) is 15.8. The number of carbonyl (C=O) groups is 1. The molecular formula is C15H14N2O. The van der Waals surface area contributed by atoms with E-state index in [0.717, 1.165) is 28.9 Å². The number of aromatic amines is 1. The number of benzene rings is 1. The van der Waals surface area contributed by atoms with Crippen LogP contribution in [0.2, 0.25) is 0 Å². The Morgan fingerprint density at radius 3 is 2.89 bits per heavy atom. The largest absolute Gasteiger partial charge is 0.362 e. The standard InChI is InChI=1S/C15H14N2O/c1-2-10-5-6-12-13(9-11-4-3-7-16-11)15(18)17-14(12)8-10/h3-9,16H,2H2,1H3,(H,17,18)/b13-9-. The highest BCUT2D eigenvalue weighted by atomic mass is 16.2. The topological polar surface area (TPSA) is 44.9 Å². The third kappa shape index (κ3) is 1.74. The van der Waals surface area contributed by atoms with Crippen molar-refractivity contribution in [2.45, 2.75) is 13.3 Å². The Balaban J connectivity index is 2.07. The van der Waals surface area contributed by atoms with Crippen LogP contribution in [0.5, 0.6) is 0 Å². The van der Waals surface area contributed by atoms with Crippen LogP contribution in [-0.4, -0.2) is 10.9 Å². The molecule has 3 nitrogen and oxygen atoms in total. The summed E-state index contributed by atoms with van der Waals surface area (Å²) in [4.78, 5) is 15.0. The van der Waals surface area contributed by atoms with Crippen molar-refractivity contribution in [2.75, 3.05) is 5.32 Å². The Hall–Kier alpha value is -2.29. The van der Waals surface area contributed by atoms with Crippen molar-refractivity contribution >= 4 is 23.2 Å². The van der Waals surface area contributed by atoms with E-state index in [1.807, 2.05) is 36.5 Å². The van der Waals surface area contributed by atoms with E-state index in [4.69, 9.17) is 0 Å². The zero-order chi connectivity index (χ0) is 12.5. The molecule has 2 aromatic rings. The number of nitrogens with one attached hydrogen (secondary N) is 2. The van der Waals surface area contributed by atoms with Crippen LogP contribution in [0.4, 0.5) is 5.69 Å². The van der Waals surface area contributed by atoms with Gasteiger partial charge in [0, 0.05) is 23.1 Å². The number of aryl methyl sites for hydroxylation is 1. The van der Waals surface area contributed by atoms with Gasteiger partial charge in [0.25, 0.3) is 5.91 Å². The maximum absolute atomic E-state index is 12.0. The van der Waals surface area contributed by atoms with Crippen LogP contribution in [0.1, 0.15) is 23.7 Å². The molecule has 0 atom stereocenters. The second kappa shape index (κ2) is 4.18. The van der Waals surface area contributed by atoms with Gasteiger partial charge in [-0.3, -0.25) is 4.79 Å². The minimum atomic E-state index is -0.0344. The first kappa shape index (κ1) is 10.8. The van der Waals surface area contributed by atoms with Crippen LogP contribution >= 0.6 is 0 Å². The Kier molecular flexibility index (Phi) is 2.52. The number of anilines is 1. The van der Waals surface area contributed by atoms with Gasteiger partial charge < -0.3 is 10.3 Å². The number of hydrogen-bond acceptors (Lipinski definition) is 1. The van der Waals surface area contributed by atoms with E-state index in [2.05, 4.69) is 23.3 Å². The van der Waals surface area contributed by atoms with E-state index in [1.165, 1.54) is 5.56 Å². The molecule has 1 aliphatic rings. The molecule has 2 N–H and O–H groups in total. The van der Waals surface area contributed by atoms with Crippen LogP contribution in [0, 0.1) is 0 Å². The predicted octanol–water partition coefficient (Wildman–Crippen LogP) is 3.07. The molecule has 1 aromatic carbocycles. The van der Waals surface area contributed by atoms with Crippen LogP contribution < -0.4 is 5.32 Å². The second-order valence-corrected chi connectivity index (χ2v) is 4.37. The van der Waals surface area contributed by atoms with Crippen molar-refractivity contribution in [1.82, 2.24) is 4.98 Å². The summed E-state index contributed by atoms with van der Waals surface area (Å²) in [6.45, 7) is 2.11. The van der Waals surface area contributed by atoms with Gasteiger partial charge in [0.2, 0.25) is 0 Å². The zero-order valence-corrected chi connectivity index (χ0v) is 10.2. The number of hydrogen-bond donors (Lipinski definition) is 2. The van der Waals surface area contributed by atoms with Gasteiger partial charge in [-0.1, -0.05) is 19.1 Å². The molecule has 3 heteroatoms. The van der Waals surface area contributed by atoms with Crippen LogP contribution in [0.15, 0.2) is 36.5 Å². The van der Waals surface area contributed by atoms with Gasteiger partial charge >= 0.3 is 0 Å². The number of fused-ring (bicyclic) bond motifs is 1. The van der Waals surface area contributed by atoms with Crippen molar-refractivity contribution in [3.8, 4) is 0 Å². The molecule has 0 aliphatic carbocycles. The smallest absolute Gasteiger partial charge is 0.256 e. The summed E-state index contributed by atoms with van der Waals surface area (Å²) < 4.78 is 0.